The second-order valence-corrected chi connectivity index (χ2v) is 7.86. The Bertz CT molecular complexity index is 614. The van der Waals surface area contributed by atoms with Gasteiger partial charge in [-0.25, -0.2) is 19.2 Å². The van der Waals surface area contributed by atoms with Gasteiger partial charge in [-0.15, -0.1) is 0 Å². The van der Waals surface area contributed by atoms with Crippen LogP contribution >= 0.6 is 0 Å². The minimum atomic E-state index is -1.13. The van der Waals surface area contributed by atoms with Crippen LogP contribution in [0, 0.1) is 0 Å². The molecule has 0 spiro atoms. The molecule has 2 aliphatic heterocycles. The molecule has 0 radical (unpaired) electrons. The molecule has 35 heavy (non-hydrogen) atoms. The van der Waals surface area contributed by atoms with E-state index in [2.05, 4.69) is 0 Å². The molecule has 0 N–H and O–H groups in total. The number of hydrogen-bond donors (Lipinski definition) is 0. The summed E-state index contributed by atoms with van der Waals surface area (Å²) >= 11 is 0. The predicted molar refractivity (Wildman–Crippen MR) is 114 cm³/mol. The van der Waals surface area contributed by atoms with Gasteiger partial charge in [0.2, 0.25) is 0 Å². The highest BCUT2D eigenvalue weighted by atomic mass is 16.7. The summed E-state index contributed by atoms with van der Waals surface area (Å²) in [5.74, 6) is -1.38. The van der Waals surface area contributed by atoms with Gasteiger partial charge in [0, 0.05) is 13.2 Å². The highest BCUT2D eigenvalue weighted by Gasteiger charge is 2.24. The van der Waals surface area contributed by atoms with Gasteiger partial charge in [-0.3, -0.25) is 0 Å². The van der Waals surface area contributed by atoms with Crippen molar-refractivity contribution in [3.63, 3.8) is 0 Å². The minimum Gasteiger partial charge on any atom is -0.460 e. The molecule has 2 heterocycles. The second-order valence-electron chi connectivity index (χ2n) is 7.86. The summed E-state index contributed by atoms with van der Waals surface area (Å²) in [6.45, 7) is 3.97. The molecule has 0 aromatic heterocycles. The maximum absolute atomic E-state index is 11.8. The molecule has 2 rings (SSSR count). The van der Waals surface area contributed by atoms with E-state index >= 15 is 0 Å². The third-order valence-corrected chi connectivity index (χ3v) is 4.98. The minimum absolute atomic E-state index is 0.00266. The fourth-order valence-corrected chi connectivity index (χ4v) is 3.06. The highest BCUT2D eigenvalue weighted by molar-refractivity contribution is 5.77. The quantitative estimate of drug-likeness (QED) is 0.190. The number of carbonyl (C=O) groups is 4. The lowest BCUT2D eigenvalue weighted by molar-refractivity contribution is -0.157. The van der Waals surface area contributed by atoms with E-state index in [-0.39, 0.29) is 51.8 Å². The molecule has 13 nitrogen and oxygen atoms in total. The summed E-state index contributed by atoms with van der Waals surface area (Å²) in [6, 6.07) is 0. The number of hydrogen-bond acceptors (Lipinski definition) is 13. The lowest BCUT2D eigenvalue weighted by atomic mass is 10.2. The van der Waals surface area contributed by atoms with Crippen molar-refractivity contribution in [3.05, 3.63) is 0 Å². The van der Waals surface area contributed by atoms with Crippen LogP contribution in [0.5, 0.6) is 0 Å². The molecule has 13 heteroatoms. The van der Waals surface area contributed by atoms with Crippen LogP contribution in [-0.2, 0) is 52.2 Å². The van der Waals surface area contributed by atoms with Crippen LogP contribution in [0.15, 0.2) is 0 Å². The van der Waals surface area contributed by atoms with Crippen LogP contribution in [0.2, 0.25) is 0 Å². The average Bonchev–Trinajstić information content (AvgIpc) is 3.54. The molecule has 0 aromatic rings. The van der Waals surface area contributed by atoms with Gasteiger partial charge in [-0.2, -0.15) is 0 Å². The van der Waals surface area contributed by atoms with E-state index in [0.717, 1.165) is 25.7 Å². The zero-order valence-corrected chi connectivity index (χ0v) is 20.1. The molecule has 2 aliphatic rings. The van der Waals surface area contributed by atoms with Crippen molar-refractivity contribution < 1.29 is 61.8 Å². The Balaban J connectivity index is 1.42. The lowest BCUT2D eigenvalue weighted by Gasteiger charge is -2.15. The molecule has 0 bridgehead atoms. The Morgan fingerprint density at radius 2 is 1.11 bits per heavy atom. The highest BCUT2D eigenvalue weighted by Crippen LogP contribution is 2.13. The van der Waals surface area contributed by atoms with Crippen LogP contribution in [-0.4, -0.2) is 102 Å². The second kappa shape index (κ2) is 16.1. The van der Waals surface area contributed by atoms with Crippen molar-refractivity contribution in [1.82, 2.24) is 0 Å². The standard InChI is InChI=1S/C22H34O13/c1-15(19(23)32-13-17-5-3-7-28-17)34-21(25)30-11-9-27-10-12-31-22(26)35-16(2)20(24)33-14-18-6-4-8-29-18/h15-18H,3-14H2,1-2H3/t15-,16-,17-,18-/m0/s1. The van der Waals surface area contributed by atoms with Crippen molar-refractivity contribution in [3.8, 4) is 0 Å². The Labute approximate surface area is 203 Å². The zero-order chi connectivity index (χ0) is 25.5. The maximum Gasteiger partial charge on any atom is 0.509 e. The Hall–Kier alpha value is -2.64. The third-order valence-electron chi connectivity index (χ3n) is 4.98. The van der Waals surface area contributed by atoms with E-state index < -0.39 is 36.5 Å². The average molecular weight is 507 g/mol. The van der Waals surface area contributed by atoms with E-state index in [1.807, 2.05) is 0 Å². The summed E-state index contributed by atoms with van der Waals surface area (Å²) in [7, 11) is 0. The predicted octanol–water partition coefficient (Wildman–Crippen LogP) is 1.53. The fraction of sp³-hybridized carbons (Fsp3) is 0.818. The van der Waals surface area contributed by atoms with Crippen LogP contribution in [0.25, 0.3) is 0 Å². The Kier molecular flexibility index (Phi) is 13.2. The van der Waals surface area contributed by atoms with Crippen molar-refractivity contribution in [2.75, 3.05) is 52.9 Å². The van der Waals surface area contributed by atoms with E-state index in [1.54, 1.807) is 0 Å². The molecule has 0 aromatic carbocycles. The van der Waals surface area contributed by atoms with Crippen LogP contribution in [0.4, 0.5) is 9.59 Å². The van der Waals surface area contributed by atoms with Gasteiger partial charge in [0.1, 0.15) is 26.4 Å². The summed E-state index contributed by atoms with van der Waals surface area (Å²) in [6.07, 6.45) is -1.10. The van der Waals surface area contributed by atoms with E-state index in [4.69, 9.17) is 42.6 Å². The van der Waals surface area contributed by atoms with Gasteiger partial charge in [0.15, 0.2) is 12.2 Å². The van der Waals surface area contributed by atoms with E-state index in [9.17, 15) is 19.2 Å². The number of esters is 2. The maximum atomic E-state index is 11.8. The monoisotopic (exact) mass is 506 g/mol. The van der Waals surface area contributed by atoms with Crippen molar-refractivity contribution in [2.24, 2.45) is 0 Å². The summed E-state index contributed by atoms with van der Waals surface area (Å²) in [4.78, 5) is 46.8. The Morgan fingerprint density at radius 1 is 0.686 bits per heavy atom. The van der Waals surface area contributed by atoms with E-state index in [1.165, 1.54) is 13.8 Å². The first-order valence-corrected chi connectivity index (χ1v) is 11.7. The molecule has 0 aliphatic carbocycles. The fourth-order valence-electron chi connectivity index (χ4n) is 3.06. The van der Waals surface area contributed by atoms with Gasteiger partial charge in [0.05, 0.1) is 25.4 Å². The SMILES string of the molecule is C[C@H](OC(=O)OCCOCCOC(=O)O[C@@H](C)C(=O)OC[C@@H]1CCCO1)C(=O)OC[C@@H]1CCCO1. The van der Waals surface area contributed by atoms with Crippen molar-refractivity contribution in [2.45, 2.75) is 63.9 Å². The van der Waals surface area contributed by atoms with Crippen LogP contribution in [0.3, 0.4) is 0 Å². The summed E-state index contributed by atoms with van der Waals surface area (Å²) < 4.78 is 45.2. The van der Waals surface area contributed by atoms with Gasteiger partial charge in [0.25, 0.3) is 0 Å². The summed E-state index contributed by atoms with van der Waals surface area (Å²) in [5.41, 5.74) is 0. The van der Waals surface area contributed by atoms with Gasteiger partial charge in [-0.05, 0) is 39.5 Å². The molecule has 4 atom stereocenters. The van der Waals surface area contributed by atoms with Crippen LogP contribution < -0.4 is 0 Å². The summed E-state index contributed by atoms with van der Waals surface area (Å²) in [5, 5.41) is 0. The number of rotatable bonds is 14. The topological polar surface area (TPSA) is 151 Å². The van der Waals surface area contributed by atoms with Gasteiger partial charge < -0.3 is 42.6 Å². The van der Waals surface area contributed by atoms with Crippen molar-refractivity contribution >= 4 is 24.2 Å². The third kappa shape index (κ3) is 12.1. The first kappa shape index (κ1) is 28.6. The molecule has 0 unspecified atom stereocenters. The first-order chi connectivity index (χ1) is 16.8. The smallest absolute Gasteiger partial charge is 0.460 e. The molecule has 200 valence electrons. The van der Waals surface area contributed by atoms with E-state index in [0.29, 0.717) is 13.2 Å². The van der Waals surface area contributed by atoms with Crippen molar-refractivity contribution in [1.29, 1.82) is 0 Å². The first-order valence-electron chi connectivity index (χ1n) is 11.7. The molecule has 0 saturated carbocycles. The normalized spacial score (nSPS) is 21.0. The number of ether oxygens (including phenoxy) is 9. The van der Waals surface area contributed by atoms with Crippen LogP contribution in [0.1, 0.15) is 39.5 Å². The van der Waals surface area contributed by atoms with Gasteiger partial charge >= 0.3 is 24.2 Å². The largest absolute Gasteiger partial charge is 0.509 e. The zero-order valence-electron chi connectivity index (χ0n) is 20.1. The molecular weight excluding hydrogens is 472 g/mol. The molecule has 2 saturated heterocycles. The Morgan fingerprint density at radius 3 is 1.49 bits per heavy atom. The molecular formula is C22H34O13. The lowest BCUT2D eigenvalue weighted by Crippen LogP contribution is -2.30. The molecule has 0 amide bonds. The number of carbonyl (C=O) groups excluding carboxylic acids is 4. The molecule has 2 fully saturated rings. The van der Waals surface area contributed by atoms with Gasteiger partial charge in [-0.1, -0.05) is 0 Å².